The number of benzene rings is 2. The topological polar surface area (TPSA) is 21.7 Å². The molecule has 0 aromatic heterocycles. The van der Waals surface area contributed by atoms with Crippen molar-refractivity contribution in [2.45, 2.75) is 58.2 Å². The Hall–Kier alpha value is -1.78. The second-order valence-electron chi connectivity index (χ2n) is 9.52. The molecule has 3 heterocycles. The lowest BCUT2D eigenvalue weighted by Crippen LogP contribution is -2.56. The zero-order valence-corrected chi connectivity index (χ0v) is 19.0. The molecule has 0 amide bonds. The van der Waals surface area contributed by atoms with Gasteiger partial charge in [0.15, 0.2) is 11.5 Å². The van der Waals surface area contributed by atoms with Crippen LogP contribution in [0.4, 0.5) is 0 Å². The average Bonchev–Trinajstić information content (AvgIpc) is 3.11. The molecule has 3 atom stereocenters. The maximum absolute atomic E-state index is 5.63. The number of nitrogens with zero attached hydrogens (tertiary/aromatic N) is 1. The Morgan fingerprint density at radius 3 is 2.79 bits per heavy atom. The van der Waals surface area contributed by atoms with Gasteiger partial charge in [-0.3, -0.25) is 4.90 Å². The van der Waals surface area contributed by atoms with E-state index in [4.69, 9.17) is 9.47 Å². The summed E-state index contributed by atoms with van der Waals surface area (Å²) in [5.74, 6) is 2.19. The fourth-order valence-corrected chi connectivity index (χ4v) is 6.43. The van der Waals surface area contributed by atoms with E-state index in [0.29, 0.717) is 24.8 Å². The summed E-state index contributed by atoms with van der Waals surface area (Å²) in [5.41, 5.74) is 5.79. The fourth-order valence-electron chi connectivity index (χ4n) is 5.80. The number of hydrogen-bond donors (Lipinski definition) is 0. The Morgan fingerprint density at radius 2 is 2.00 bits per heavy atom. The molecule has 6 rings (SSSR count). The minimum absolute atomic E-state index is 0.257. The Kier molecular flexibility index (Phi) is 4.56. The molecular formula is C25H28BrNO2. The van der Waals surface area contributed by atoms with Gasteiger partial charge in [-0.05, 0) is 60.1 Å². The second kappa shape index (κ2) is 6.88. The van der Waals surface area contributed by atoms with Gasteiger partial charge in [0.2, 0.25) is 6.79 Å². The highest BCUT2D eigenvalue weighted by Gasteiger charge is 2.53. The number of piperidine rings is 1. The standard InChI is InChI=1S/C25H28BrNO2/c1-15(2)10-19-24-23-17(6-5-7-18(23)26)20(12-25(24,3)4)27(19)13-16-8-9-21-22(11-16)29-14-28-21/h5-9,11,19-20,24H,1,10,12-14H2,2-4H3/t19-,20-,24-/m0/s1. The molecule has 2 aromatic carbocycles. The highest BCUT2D eigenvalue weighted by atomic mass is 79.9. The van der Waals surface area contributed by atoms with E-state index in [9.17, 15) is 0 Å². The van der Waals surface area contributed by atoms with Crippen LogP contribution in [-0.4, -0.2) is 17.7 Å². The first-order chi connectivity index (χ1) is 13.8. The molecule has 3 nitrogen and oxygen atoms in total. The molecule has 2 aromatic rings. The number of hydrogen-bond acceptors (Lipinski definition) is 3. The molecule has 0 radical (unpaired) electrons. The van der Waals surface area contributed by atoms with Crippen molar-refractivity contribution in [2.24, 2.45) is 5.41 Å². The largest absolute Gasteiger partial charge is 0.454 e. The summed E-state index contributed by atoms with van der Waals surface area (Å²) in [7, 11) is 0. The summed E-state index contributed by atoms with van der Waals surface area (Å²) in [6.45, 7) is 12.6. The van der Waals surface area contributed by atoms with Crippen molar-refractivity contribution in [2.75, 3.05) is 6.79 Å². The van der Waals surface area contributed by atoms with Gasteiger partial charge in [0.25, 0.3) is 0 Å². The molecule has 29 heavy (non-hydrogen) atoms. The molecule has 4 aliphatic rings. The smallest absolute Gasteiger partial charge is 0.231 e. The van der Waals surface area contributed by atoms with Crippen LogP contribution < -0.4 is 9.47 Å². The van der Waals surface area contributed by atoms with Gasteiger partial charge < -0.3 is 9.47 Å². The van der Waals surface area contributed by atoms with Crippen LogP contribution in [0, 0.1) is 5.41 Å². The minimum atomic E-state index is 0.257. The van der Waals surface area contributed by atoms with Gasteiger partial charge in [-0.2, -0.15) is 0 Å². The summed E-state index contributed by atoms with van der Waals surface area (Å²) in [6.07, 6.45) is 2.20. The van der Waals surface area contributed by atoms with E-state index in [1.807, 2.05) is 6.07 Å². The molecule has 152 valence electrons. The Labute approximate surface area is 181 Å². The van der Waals surface area contributed by atoms with E-state index in [1.165, 1.54) is 33.2 Å². The van der Waals surface area contributed by atoms with Crippen LogP contribution in [0.2, 0.25) is 0 Å². The molecule has 1 saturated heterocycles. The van der Waals surface area contributed by atoms with Gasteiger partial charge in [-0.1, -0.05) is 53.5 Å². The molecule has 2 bridgehead atoms. The van der Waals surface area contributed by atoms with Crippen molar-refractivity contribution < 1.29 is 9.47 Å². The molecular weight excluding hydrogens is 426 g/mol. The summed E-state index contributed by atoms with van der Waals surface area (Å²) in [6, 6.07) is 13.9. The van der Waals surface area contributed by atoms with Crippen LogP contribution in [-0.2, 0) is 6.54 Å². The molecule has 0 unspecified atom stereocenters. The summed E-state index contributed by atoms with van der Waals surface area (Å²) >= 11 is 3.88. The van der Waals surface area contributed by atoms with Gasteiger partial charge in [0, 0.05) is 29.0 Å². The van der Waals surface area contributed by atoms with E-state index >= 15 is 0 Å². The van der Waals surface area contributed by atoms with Crippen molar-refractivity contribution in [3.63, 3.8) is 0 Å². The molecule has 0 spiro atoms. The molecule has 1 aliphatic carbocycles. The third-order valence-electron chi connectivity index (χ3n) is 6.89. The number of ether oxygens (including phenoxy) is 2. The Balaban J connectivity index is 1.58. The van der Waals surface area contributed by atoms with Crippen molar-refractivity contribution in [1.29, 1.82) is 0 Å². The maximum atomic E-state index is 5.63. The molecule has 3 aliphatic heterocycles. The van der Waals surface area contributed by atoms with E-state index in [0.717, 1.165) is 24.5 Å². The van der Waals surface area contributed by atoms with E-state index in [-0.39, 0.29) is 5.41 Å². The molecule has 1 fully saturated rings. The van der Waals surface area contributed by atoms with Crippen LogP contribution in [0.5, 0.6) is 11.5 Å². The van der Waals surface area contributed by atoms with Crippen molar-refractivity contribution in [3.8, 4) is 11.5 Å². The minimum Gasteiger partial charge on any atom is -0.454 e. The first-order valence-corrected chi connectivity index (χ1v) is 11.2. The fraction of sp³-hybridized carbons (Fsp3) is 0.440. The van der Waals surface area contributed by atoms with Crippen LogP contribution in [0.25, 0.3) is 0 Å². The average molecular weight is 454 g/mol. The van der Waals surface area contributed by atoms with E-state index < -0.39 is 0 Å². The highest BCUT2D eigenvalue weighted by Crippen LogP contribution is 2.61. The van der Waals surface area contributed by atoms with Gasteiger partial charge in [0.05, 0.1) is 0 Å². The van der Waals surface area contributed by atoms with Crippen LogP contribution in [0.3, 0.4) is 0 Å². The Bertz CT molecular complexity index is 983. The normalized spacial score (nSPS) is 26.4. The summed E-state index contributed by atoms with van der Waals surface area (Å²) in [5, 5.41) is 0. The maximum Gasteiger partial charge on any atom is 0.231 e. The van der Waals surface area contributed by atoms with Crippen molar-refractivity contribution in [3.05, 3.63) is 69.7 Å². The predicted octanol–water partition coefficient (Wildman–Crippen LogP) is 6.58. The van der Waals surface area contributed by atoms with Gasteiger partial charge in [-0.25, -0.2) is 0 Å². The Morgan fingerprint density at radius 1 is 1.21 bits per heavy atom. The summed E-state index contributed by atoms with van der Waals surface area (Å²) < 4.78 is 12.4. The monoisotopic (exact) mass is 453 g/mol. The molecule has 4 heteroatoms. The SMILES string of the molecule is C=C(C)C[C@H]1[C@H]2c3c(Br)cccc3[C@H](CC2(C)C)N1Cc1ccc2c(c1)OCO2. The van der Waals surface area contributed by atoms with Crippen molar-refractivity contribution >= 4 is 15.9 Å². The number of rotatable bonds is 4. The third-order valence-corrected chi connectivity index (χ3v) is 7.58. The highest BCUT2D eigenvalue weighted by molar-refractivity contribution is 9.10. The third kappa shape index (κ3) is 3.12. The quantitative estimate of drug-likeness (QED) is 0.487. The first kappa shape index (κ1) is 19.2. The van der Waals surface area contributed by atoms with Crippen molar-refractivity contribution in [1.82, 2.24) is 4.90 Å². The zero-order valence-electron chi connectivity index (χ0n) is 17.4. The molecule has 0 N–H and O–H groups in total. The van der Waals surface area contributed by atoms with Crippen LogP contribution in [0.15, 0.2) is 53.0 Å². The van der Waals surface area contributed by atoms with E-state index in [2.05, 4.69) is 78.5 Å². The van der Waals surface area contributed by atoms with Crippen LogP contribution >= 0.6 is 15.9 Å². The van der Waals surface area contributed by atoms with Gasteiger partial charge in [0.1, 0.15) is 0 Å². The zero-order chi connectivity index (χ0) is 20.3. The van der Waals surface area contributed by atoms with E-state index in [1.54, 1.807) is 0 Å². The van der Waals surface area contributed by atoms with Gasteiger partial charge >= 0.3 is 0 Å². The lowest BCUT2D eigenvalue weighted by molar-refractivity contribution is -0.0317. The van der Waals surface area contributed by atoms with Gasteiger partial charge in [-0.15, -0.1) is 6.58 Å². The summed E-state index contributed by atoms with van der Waals surface area (Å²) in [4.78, 5) is 2.72. The number of halogens is 1. The van der Waals surface area contributed by atoms with Crippen LogP contribution in [0.1, 0.15) is 62.3 Å². The lowest BCUT2D eigenvalue weighted by Gasteiger charge is -2.60. The first-order valence-electron chi connectivity index (χ1n) is 10.4. The molecule has 0 saturated carbocycles. The lowest BCUT2D eigenvalue weighted by atomic mass is 9.57. The second-order valence-corrected chi connectivity index (χ2v) is 10.4. The number of fused-ring (bicyclic) bond motifs is 3. The predicted molar refractivity (Wildman–Crippen MR) is 119 cm³/mol.